The third-order valence-electron chi connectivity index (χ3n) is 5.96. The van der Waals surface area contributed by atoms with Crippen molar-refractivity contribution in [3.05, 3.63) is 75.3 Å². The summed E-state index contributed by atoms with van der Waals surface area (Å²) in [5.74, 6) is 0.777. The van der Waals surface area contributed by atoms with Crippen LogP contribution in [-0.2, 0) is 22.9 Å². The van der Waals surface area contributed by atoms with Gasteiger partial charge in [0.1, 0.15) is 0 Å². The molecule has 0 unspecified atom stereocenters. The van der Waals surface area contributed by atoms with Crippen molar-refractivity contribution in [3.63, 3.8) is 0 Å². The summed E-state index contributed by atoms with van der Waals surface area (Å²) in [6, 6.07) is 14.3. The minimum absolute atomic E-state index is 0.154. The lowest BCUT2D eigenvalue weighted by Crippen LogP contribution is -2.31. The summed E-state index contributed by atoms with van der Waals surface area (Å²) in [6.45, 7) is 0.358. The molecular weight excluding hydrogens is 436 g/mol. The number of sulfonamides is 1. The van der Waals surface area contributed by atoms with E-state index in [9.17, 15) is 18.5 Å². The predicted molar refractivity (Wildman–Crippen MR) is 120 cm³/mol. The van der Waals surface area contributed by atoms with Crippen LogP contribution < -0.4 is 4.74 Å². The molecule has 0 saturated carbocycles. The standard InChI is InChI=1S/C22H20N2O5S2/c1-29-19-9-6-16(13-18(19)24(25)26)22-23(11-12-30-22)31(27,28)20-10-7-15-4-2-3-14-5-8-17(20)21(14)15/h2-4,6-7,9-10,13,22H,5,8,11-12H2,1H3/t22-/m0/s1. The van der Waals surface area contributed by atoms with Crippen LogP contribution in [0.3, 0.4) is 0 Å². The van der Waals surface area contributed by atoms with Crippen LogP contribution in [0.15, 0.2) is 53.4 Å². The molecule has 0 radical (unpaired) electrons. The zero-order valence-electron chi connectivity index (χ0n) is 16.8. The topological polar surface area (TPSA) is 89.8 Å². The van der Waals surface area contributed by atoms with E-state index >= 15 is 0 Å². The average molecular weight is 457 g/mol. The van der Waals surface area contributed by atoms with E-state index in [4.69, 9.17) is 4.74 Å². The van der Waals surface area contributed by atoms with Crippen molar-refractivity contribution in [2.45, 2.75) is 23.1 Å². The van der Waals surface area contributed by atoms with Crippen LogP contribution in [-0.4, -0.2) is 37.1 Å². The van der Waals surface area contributed by atoms with E-state index in [1.165, 1.54) is 40.9 Å². The fourth-order valence-electron chi connectivity index (χ4n) is 4.57. The Morgan fingerprint density at radius 1 is 1.16 bits per heavy atom. The van der Waals surface area contributed by atoms with Gasteiger partial charge in [0.2, 0.25) is 10.0 Å². The maximum Gasteiger partial charge on any atom is 0.311 e. The van der Waals surface area contributed by atoms with Gasteiger partial charge in [-0.05, 0) is 52.4 Å². The second-order valence-electron chi connectivity index (χ2n) is 7.58. The number of nitro benzene ring substituents is 1. The van der Waals surface area contributed by atoms with Crippen molar-refractivity contribution in [1.29, 1.82) is 0 Å². The van der Waals surface area contributed by atoms with Gasteiger partial charge in [-0.3, -0.25) is 10.1 Å². The number of benzene rings is 3. The first-order chi connectivity index (χ1) is 14.9. The van der Waals surface area contributed by atoms with Crippen molar-refractivity contribution < 1.29 is 18.1 Å². The first-order valence-corrected chi connectivity index (χ1v) is 12.4. The molecule has 0 amide bonds. The van der Waals surface area contributed by atoms with Gasteiger partial charge in [-0.2, -0.15) is 4.31 Å². The van der Waals surface area contributed by atoms with Crippen LogP contribution in [0.4, 0.5) is 5.69 Å². The van der Waals surface area contributed by atoms with E-state index in [1.54, 1.807) is 12.1 Å². The van der Waals surface area contributed by atoms with Crippen LogP contribution in [0.1, 0.15) is 22.1 Å². The van der Waals surface area contributed by atoms with Crippen LogP contribution in [0, 0.1) is 10.1 Å². The Morgan fingerprint density at radius 3 is 2.77 bits per heavy atom. The van der Waals surface area contributed by atoms with Gasteiger partial charge in [0.25, 0.3) is 0 Å². The van der Waals surface area contributed by atoms with E-state index < -0.39 is 20.3 Å². The molecule has 0 aromatic heterocycles. The molecule has 3 aromatic rings. The Morgan fingerprint density at radius 2 is 2.00 bits per heavy atom. The summed E-state index contributed by atoms with van der Waals surface area (Å²) < 4.78 is 34.1. The Balaban J connectivity index is 1.59. The molecule has 7 nitrogen and oxygen atoms in total. The Kier molecular flexibility index (Phi) is 4.91. The Labute approximate surface area is 184 Å². The largest absolute Gasteiger partial charge is 0.490 e. The molecule has 1 fully saturated rings. The van der Waals surface area contributed by atoms with Crippen molar-refractivity contribution in [3.8, 4) is 5.75 Å². The number of rotatable bonds is 5. The summed E-state index contributed by atoms with van der Waals surface area (Å²) in [5, 5.41) is 13.0. The van der Waals surface area contributed by atoms with Crippen molar-refractivity contribution in [2.24, 2.45) is 0 Å². The lowest BCUT2D eigenvalue weighted by atomic mass is 10.1. The maximum atomic E-state index is 13.8. The highest BCUT2D eigenvalue weighted by Gasteiger charge is 2.39. The molecule has 2 aliphatic rings. The van der Waals surface area contributed by atoms with Crippen LogP contribution >= 0.6 is 11.8 Å². The van der Waals surface area contributed by atoms with Crippen LogP contribution in [0.2, 0.25) is 0 Å². The second kappa shape index (κ2) is 7.51. The van der Waals surface area contributed by atoms with Crippen molar-refractivity contribution in [2.75, 3.05) is 19.4 Å². The van der Waals surface area contributed by atoms with Crippen molar-refractivity contribution >= 4 is 38.2 Å². The minimum atomic E-state index is -3.77. The zero-order chi connectivity index (χ0) is 21.8. The number of nitrogens with zero attached hydrogens (tertiary/aromatic N) is 2. The molecule has 31 heavy (non-hydrogen) atoms. The third-order valence-corrected chi connectivity index (χ3v) is 9.30. The van der Waals surface area contributed by atoms with E-state index in [0.717, 1.165) is 22.8 Å². The van der Waals surface area contributed by atoms with Gasteiger partial charge in [0.05, 0.1) is 22.3 Å². The van der Waals surface area contributed by atoms with Gasteiger partial charge in [0, 0.05) is 18.4 Å². The fraction of sp³-hybridized carbons (Fsp3) is 0.273. The SMILES string of the molecule is COc1ccc([C@@H]2SCCN2S(=O)(=O)c2ccc3cccc4c3c2CC4)cc1[N+](=O)[O-]. The third kappa shape index (κ3) is 3.19. The summed E-state index contributed by atoms with van der Waals surface area (Å²) in [7, 11) is -2.40. The summed E-state index contributed by atoms with van der Waals surface area (Å²) in [6.07, 6.45) is 1.53. The van der Waals surface area contributed by atoms with E-state index in [0.29, 0.717) is 29.2 Å². The highest BCUT2D eigenvalue weighted by atomic mass is 32.2. The Hall–Kier alpha value is -2.62. The lowest BCUT2D eigenvalue weighted by Gasteiger charge is -2.25. The molecule has 1 heterocycles. The van der Waals surface area contributed by atoms with Crippen LogP contribution in [0.25, 0.3) is 10.8 Å². The van der Waals surface area contributed by atoms with Crippen molar-refractivity contribution in [1.82, 2.24) is 4.31 Å². The number of nitro groups is 1. The van der Waals surface area contributed by atoms with Gasteiger partial charge < -0.3 is 4.74 Å². The number of ether oxygens (including phenoxy) is 1. The van der Waals surface area contributed by atoms with E-state index in [2.05, 4.69) is 6.07 Å². The molecule has 0 spiro atoms. The lowest BCUT2D eigenvalue weighted by molar-refractivity contribution is -0.385. The quantitative estimate of drug-likeness (QED) is 0.420. The van der Waals surface area contributed by atoms with Gasteiger partial charge >= 0.3 is 5.69 Å². The highest BCUT2D eigenvalue weighted by Crippen LogP contribution is 2.45. The first-order valence-electron chi connectivity index (χ1n) is 9.91. The van der Waals surface area contributed by atoms with E-state index in [1.807, 2.05) is 18.2 Å². The molecule has 1 saturated heterocycles. The normalized spacial score (nSPS) is 18.5. The second-order valence-corrected chi connectivity index (χ2v) is 10.6. The highest BCUT2D eigenvalue weighted by molar-refractivity contribution is 8.01. The molecular formula is C22H20N2O5S2. The molecule has 1 aliphatic heterocycles. The number of methoxy groups -OCH3 is 1. The number of hydrogen-bond donors (Lipinski definition) is 0. The number of aryl methyl sites for hydroxylation is 2. The van der Waals surface area contributed by atoms with Gasteiger partial charge in [-0.1, -0.05) is 30.3 Å². The zero-order valence-corrected chi connectivity index (χ0v) is 18.4. The van der Waals surface area contributed by atoms with E-state index in [-0.39, 0.29) is 11.4 Å². The summed E-state index contributed by atoms with van der Waals surface area (Å²) >= 11 is 1.47. The molecule has 3 aromatic carbocycles. The maximum absolute atomic E-state index is 13.8. The first kappa shape index (κ1) is 20.3. The predicted octanol–water partition coefficient (Wildman–Crippen LogP) is 4.29. The number of hydrogen-bond acceptors (Lipinski definition) is 6. The monoisotopic (exact) mass is 456 g/mol. The van der Waals surface area contributed by atoms with Crippen LogP contribution in [0.5, 0.6) is 5.75 Å². The minimum Gasteiger partial charge on any atom is -0.490 e. The molecule has 1 aliphatic carbocycles. The van der Waals surface area contributed by atoms with Gasteiger partial charge in [-0.15, -0.1) is 11.8 Å². The molecule has 0 bridgehead atoms. The van der Waals surface area contributed by atoms with Gasteiger partial charge in [-0.25, -0.2) is 8.42 Å². The van der Waals surface area contributed by atoms with Gasteiger partial charge in [0.15, 0.2) is 5.75 Å². The molecule has 160 valence electrons. The average Bonchev–Trinajstić information content (AvgIpc) is 3.43. The smallest absolute Gasteiger partial charge is 0.311 e. The fourth-order valence-corrected chi connectivity index (χ4v) is 8.05. The number of thioether (sulfide) groups is 1. The summed E-state index contributed by atoms with van der Waals surface area (Å²) in [5.41, 5.74) is 2.47. The Bertz CT molecular complexity index is 1320. The molecule has 1 atom stereocenters. The molecule has 0 N–H and O–H groups in total. The summed E-state index contributed by atoms with van der Waals surface area (Å²) in [4.78, 5) is 11.3. The molecule has 5 rings (SSSR count). The molecule has 9 heteroatoms.